The monoisotopic (exact) mass is 624 g/mol. The quantitative estimate of drug-likeness (QED) is 0.179. The Morgan fingerprint density at radius 1 is 0.978 bits per heavy atom. The fourth-order valence-electron chi connectivity index (χ4n) is 5.07. The summed E-state index contributed by atoms with van der Waals surface area (Å²) in [5.41, 5.74) is 1.55. The second kappa shape index (κ2) is 16.3. The summed E-state index contributed by atoms with van der Waals surface area (Å²) in [6, 6.07) is 10.9. The largest absolute Gasteiger partial charge is 0.508 e. The zero-order chi connectivity index (χ0) is 33.1. The van der Waals surface area contributed by atoms with Crippen molar-refractivity contribution in [1.82, 2.24) is 20.9 Å². The molecular formula is C32H40N4O9. The van der Waals surface area contributed by atoms with Crippen molar-refractivity contribution in [3.8, 4) is 5.75 Å². The van der Waals surface area contributed by atoms with Gasteiger partial charge in [0.2, 0.25) is 23.6 Å². The highest BCUT2D eigenvalue weighted by molar-refractivity contribution is 5.95. The normalized spacial score (nSPS) is 18.0. The van der Waals surface area contributed by atoms with Crippen LogP contribution in [0.25, 0.3) is 0 Å². The molecule has 2 aromatic carbocycles. The number of hydrogen-bond acceptors (Lipinski definition) is 8. The van der Waals surface area contributed by atoms with E-state index in [1.165, 1.54) is 24.0 Å². The Hall–Kier alpha value is -4.78. The van der Waals surface area contributed by atoms with E-state index in [-0.39, 0.29) is 31.7 Å². The van der Waals surface area contributed by atoms with Crippen molar-refractivity contribution in [2.45, 2.75) is 76.9 Å². The second-order valence-electron chi connectivity index (χ2n) is 11.4. The minimum absolute atomic E-state index is 0.0101. The second-order valence-corrected chi connectivity index (χ2v) is 11.4. The number of carboxylic acids is 1. The molecule has 45 heavy (non-hydrogen) atoms. The zero-order valence-electron chi connectivity index (χ0n) is 25.5. The summed E-state index contributed by atoms with van der Waals surface area (Å²) in [5, 5.41) is 26.4. The first-order valence-corrected chi connectivity index (χ1v) is 14.7. The summed E-state index contributed by atoms with van der Waals surface area (Å²) in [6.07, 6.45) is -0.698. The molecule has 1 fully saturated rings. The minimum Gasteiger partial charge on any atom is -0.508 e. The van der Waals surface area contributed by atoms with Gasteiger partial charge in [0.25, 0.3) is 0 Å². The van der Waals surface area contributed by atoms with Crippen molar-refractivity contribution in [1.29, 1.82) is 0 Å². The Morgan fingerprint density at radius 2 is 1.64 bits per heavy atom. The summed E-state index contributed by atoms with van der Waals surface area (Å²) in [4.78, 5) is 76.7. The van der Waals surface area contributed by atoms with Crippen LogP contribution < -0.4 is 16.0 Å². The van der Waals surface area contributed by atoms with Crippen LogP contribution in [0.15, 0.2) is 54.6 Å². The summed E-state index contributed by atoms with van der Waals surface area (Å²) in [7, 11) is 0. The first-order chi connectivity index (χ1) is 21.4. The molecule has 3 rings (SSSR count). The lowest BCUT2D eigenvalue weighted by Crippen LogP contribution is -2.59. The topological polar surface area (TPSA) is 191 Å². The maximum Gasteiger partial charge on any atom is 0.305 e. The van der Waals surface area contributed by atoms with Crippen LogP contribution in [0.4, 0.5) is 0 Å². The molecule has 2 aromatic rings. The van der Waals surface area contributed by atoms with E-state index in [4.69, 9.17) is 9.84 Å². The number of carbonyl (C=O) groups excluding carboxylic acids is 5. The van der Waals surface area contributed by atoms with E-state index in [9.17, 15) is 33.9 Å². The van der Waals surface area contributed by atoms with Gasteiger partial charge in [0.15, 0.2) is 0 Å². The lowest BCUT2D eigenvalue weighted by molar-refractivity contribution is -0.144. The number of hydrogen-bond donors (Lipinski definition) is 5. The summed E-state index contributed by atoms with van der Waals surface area (Å²) < 4.78 is 6.03. The van der Waals surface area contributed by atoms with Crippen LogP contribution in [0.1, 0.15) is 44.7 Å². The predicted octanol–water partition coefficient (Wildman–Crippen LogP) is 0.925. The smallest absolute Gasteiger partial charge is 0.305 e. The molecule has 1 aliphatic heterocycles. The van der Waals surface area contributed by atoms with Crippen molar-refractivity contribution in [3.63, 3.8) is 0 Å². The van der Waals surface area contributed by atoms with E-state index in [0.717, 1.165) is 5.56 Å². The highest BCUT2D eigenvalue weighted by atomic mass is 16.5. The SMILES string of the molecule is CC(=O)N[C@@H](Cc1ccc(O)cc1)C(=O)N[C@H](C(=O)N1C[C@H](OCc2ccccc2)C[C@H]1C(=O)N[C@H](C=O)CC(=O)O)C(C)C. The number of carbonyl (C=O) groups is 6. The molecule has 1 saturated heterocycles. The molecule has 1 heterocycles. The first kappa shape index (κ1) is 34.7. The molecule has 242 valence electrons. The molecule has 0 unspecified atom stereocenters. The fraction of sp³-hybridized carbons (Fsp3) is 0.438. The van der Waals surface area contributed by atoms with Gasteiger partial charge in [-0.05, 0) is 29.2 Å². The third kappa shape index (κ3) is 10.4. The van der Waals surface area contributed by atoms with Crippen LogP contribution in [0.5, 0.6) is 5.75 Å². The number of rotatable bonds is 15. The summed E-state index contributed by atoms with van der Waals surface area (Å²) >= 11 is 0. The minimum atomic E-state index is -1.30. The van der Waals surface area contributed by atoms with Crippen molar-refractivity contribution in [3.05, 3.63) is 65.7 Å². The molecule has 5 N–H and O–H groups in total. The van der Waals surface area contributed by atoms with Crippen LogP contribution in [0, 0.1) is 5.92 Å². The Labute approximate surface area is 261 Å². The highest BCUT2D eigenvalue weighted by Gasteiger charge is 2.44. The van der Waals surface area contributed by atoms with Gasteiger partial charge >= 0.3 is 5.97 Å². The van der Waals surface area contributed by atoms with Crippen molar-refractivity contribution < 1.29 is 43.7 Å². The maximum absolute atomic E-state index is 14.0. The standard InChI is InChI=1S/C32H40N4O9/c1-19(2)29(35-30(42)26(33-20(3)38)13-21-9-11-24(39)12-10-21)32(44)36-16-25(45-18-22-7-5-4-6-8-22)15-27(36)31(43)34-23(17-37)14-28(40)41/h4-12,17,19,23,25-27,29,39H,13-16,18H2,1-3H3,(H,33,38)(H,34,43)(H,35,42)(H,40,41)/t23-,25+,26-,27-,29-/m0/s1. The molecule has 4 amide bonds. The molecule has 0 bridgehead atoms. The number of aldehydes is 1. The number of likely N-dealkylation sites (tertiary alicyclic amines) is 1. The molecule has 13 heteroatoms. The van der Waals surface area contributed by atoms with Gasteiger partial charge < -0.3 is 40.6 Å². The van der Waals surface area contributed by atoms with Gasteiger partial charge in [-0.3, -0.25) is 24.0 Å². The van der Waals surface area contributed by atoms with Crippen molar-refractivity contribution in [2.75, 3.05) is 6.54 Å². The van der Waals surface area contributed by atoms with Gasteiger partial charge in [-0.2, -0.15) is 0 Å². The number of amides is 4. The van der Waals surface area contributed by atoms with E-state index in [0.29, 0.717) is 11.8 Å². The van der Waals surface area contributed by atoms with Crippen LogP contribution in [0.2, 0.25) is 0 Å². The van der Waals surface area contributed by atoms with E-state index in [1.54, 1.807) is 26.0 Å². The molecule has 5 atom stereocenters. The summed E-state index contributed by atoms with van der Waals surface area (Å²) in [5.74, 6) is -4.04. The molecule has 13 nitrogen and oxygen atoms in total. The third-order valence-corrected chi connectivity index (χ3v) is 7.36. The van der Waals surface area contributed by atoms with Crippen LogP contribution in [-0.2, 0) is 46.5 Å². The number of aromatic hydroxyl groups is 1. The lowest BCUT2D eigenvalue weighted by Gasteiger charge is -2.31. The number of nitrogens with zero attached hydrogens (tertiary/aromatic N) is 1. The Balaban J connectivity index is 1.82. The molecular weight excluding hydrogens is 584 g/mol. The number of phenolic OH excluding ortho intramolecular Hbond substituents is 1. The van der Waals surface area contributed by atoms with Crippen molar-refractivity contribution in [2.24, 2.45) is 5.92 Å². The zero-order valence-corrected chi connectivity index (χ0v) is 25.5. The number of ether oxygens (including phenoxy) is 1. The van der Waals surface area contributed by atoms with Crippen molar-refractivity contribution >= 4 is 35.9 Å². The molecule has 1 aliphatic rings. The van der Waals surface area contributed by atoms with Gasteiger partial charge in [-0.25, -0.2) is 0 Å². The predicted molar refractivity (Wildman–Crippen MR) is 162 cm³/mol. The number of aliphatic carboxylic acids is 1. The van der Waals surface area contributed by atoms with E-state index in [1.807, 2.05) is 30.3 Å². The Bertz CT molecular complexity index is 1350. The van der Waals surface area contributed by atoms with E-state index < -0.39 is 72.2 Å². The summed E-state index contributed by atoms with van der Waals surface area (Å²) in [6.45, 7) is 4.94. The Kier molecular flexibility index (Phi) is 12.6. The maximum atomic E-state index is 14.0. The number of phenols is 1. The van der Waals surface area contributed by atoms with Gasteiger partial charge in [0.1, 0.15) is 30.2 Å². The van der Waals surface area contributed by atoms with E-state index >= 15 is 0 Å². The van der Waals surface area contributed by atoms with Gasteiger partial charge in [-0.1, -0.05) is 56.3 Å². The molecule has 0 saturated carbocycles. The van der Waals surface area contributed by atoms with Gasteiger partial charge in [-0.15, -0.1) is 0 Å². The molecule has 0 spiro atoms. The lowest BCUT2D eigenvalue weighted by atomic mass is 10.00. The number of carboxylic acid groups (broad SMARTS) is 1. The third-order valence-electron chi connectivity index (χ3n) is 7.36. The van der Waals surface area contributed by atoms with Crippen LogP contribution in [0.3, 0.4) is 0 Å². The molecule has 0 aromatic heterocycles. The number of benzene rings is 2. The average molecular weight is 625 g/mol. The fourth-order valence-corrected chi connectivity index (χ4v) is 5.07. The Morgan fingerprint density at radius 3 is 2.22 bits per heavy atom. The van der Waals surface area contributed by atoms with Gasteiger partial charge in [0.05, 0.1) is 25.2 Å². The van der Waals surface area contributed by atoms with E-state index in [2.05, 4.69) is 16.0 Å². The van der Waals surface area contributed by atoms with Gasteiger partial charge in [0, 0.05) is 26.3 Å². The van der Waals surface area contributed by atoms with Crippen LogP contribution >= 0.6 is 0 Å². The van der Waals surface area contributed by atoms with Crippen LogP contribution in [-0.4, -0.2) is 87.8 Å². The number of nitrogens with one attached hydrogen (secondary N) is 3. The first-order valence-electron chi connectivity index (χ1n) is 14.7. The molecule has 0 aliphatic carbocycles. The molecule has 0 radical (unpaired) electrons. The highest BCUT2D eigenvalue weighted by Crippen LogP contribution is 2.25. The average Bonchev–Trinajstić information content (AvgIpc) is 3.43.